The molecule has 0 unspecified atom stereocenters. The molecule has 1 heterocycles. The van der Waals surface area contributed by atoms with Crippen molar-refractivity contribution >= 4 is 17.9 Å². The van der Waals surface area contributed by atoms with Gasteiger partial charge in [-0.3, -0.25) is 9.59 Å². The molecule has 144 valence electrons. The lowest BCUT2D eigenvalue weighted by Crippen LogP contribution is -2.50. The molecule has 1 fully saturated rings. The van der Waals surface area contributed by atoms with Crippen LogP contribution >= 0.6 is 0 Å². The number of likely N-dealkylation sites (tertiary alicyclic amines) is 1. The molecule has 25 heavy (non-hydrogen) atoms. The Balaban J connectivity index is 2.25. The maximum atomic E-state index is 12.3. The molecule has 1 aliphatic rings. The molecule has 3 amide bonds. The maximum absolute atomic E-state index is 12.3. The molecule has 1 saturated heterocycles. The Hall–Kier alpha value is -2.00. The monoisotopic (exact) mass is 367 g/mol. The normalized spacial score (nSPS) is 16.3. The van der Waals surface area contributed by atoms with Crippen molar-refractivity contribution < 1.29 is 32.3 Å². The standard InChI is InChI=1S/C15H24F3N3O4/c1-14(2,3)25-13(24)19-7-4-11(22)20-10-5-8-21(9-6-10)12(23)15(16,17)18/h10H,4-9H2,1-3H3,(H,19,24)(H,20,22). The number of amides is 3. The number of carbonyl (C=O) groups is 3. The molecule has 0 saturated carbocycles. The van der Waals surface area contributed by atoms with Crippen LogP contribution in [-0.4, -0.2) is 60.3 Å². The van der Waals surface area contributed by atoms with Gasteiger partial charge in [0.1, 0.15) is 5.60 Å². The van der Waals surface area contributed by atoms with Gasteiger partial charge in [0.2, 0.25) is 5.91 Å². The molecule has 2 N–H and O–H groups in total. The maximum Gasteiger partial charge on any atom is 0.471 e. The van der Waals surface area contributed by atoms with E-state index >= 15 is 0 Å². The van der Waals surface area contributed by atoms with E-state index in [1.165, 1.54) is 0 Å². The van der Waals surface area contributed by atoms with Crippen LogP contribution in [0, 0.1) is 0 Å². The topological polar surface area (TPSA) is 87.7 Å². The smallest absolute Gasteiger partial charge is 0.444 e. The molecule has 0 aromatic heterocycles. The van der Waals surface area contributed by atoms with Gasteiger partial charge >= 0.3 is 18.2 Å². The van der Waals surface area contributed by atoms with Crippen LogP contribution < -0.4 is 10.6 Å². The van der Waals surface area contributed by atoms with E-state index in [0.717, 1.165) is 4.90 Å². The predicted octanol–water partition coefficient (Wildman–Crippen LogP) is 1.57. The predicted molar refractivity (Wildman–Crippen MR) is 82.7 cm³/mol. The Labute approximate surface area is 144 Å². The van der Waals surface area contributed by atoms with Crippen LogP contribution in [0.3, 0.4) is 0 Å². The zero-order chi connectivity index (χ0) is 19.3. The summed E-state index contributed by atoms with van der Waals surface area (Å²) in [5, 5.41) is 5.13. The Kier molecular flexibility index (Phi) is 7.06. The summed E-state index contributed by atoms with van der Waals surface area (Å²) in [5.41, 5.74) is -0.631. The summed E-state index contributed by atoms with van der Waals surface area (Å²) in [5.74, 6) is -2.17. The first-order chi connectivity index (χ1) is 11.4. The second-order valence-electron chi connectivity index (χ2n) is 6.81. The van der Waals surface area contributed by atoms with Crippen LogP contribution in [-0.2, 0) is 14.3 Å². The molecule has 0 atom stereocenters. The second-order valence-corrected chi connectivity index (χ2v) is 6.81. The number of alkyl carbamates (subject to hydrolysis) is 1. The Bertz CT molecular complexity index is 495. The van der Waals surface area contributed by atoms with Crippen LogP contribution in [0.5, 0.6) is 0 Å². The second kappa shape index (κ2) is 8.39. The van der Waals surface area contributed by atoms with Gasteiger partial charge in [0.25, 0.3) is 0 Å². The highest BCUT2D eigenvalue weighted by atomic mass is 19.4. The number of hydrogen-bond acceptors (Lipinski definition) is 4. The SMILES string of the molecule is CC(C)(C)OC(=O)NCCC(=O)NC1CCN(C(=O)C(F)(F)F)CC1. The summed E-state index contributed by atoms with van der Waals surface area (Å²) < 4.78 is 42.0. The fourth-order valence-corrected chi connectivity index (χ4v) is 2.30. The quantitative estimate of drug-likeness (QED) is 0.790. The van der Waals surface area contributed by atoms with Crippen molar-refractivity contribution in [1.29, 1.82) is 0 Å². The Morgan fingerprint density at radius 3 is 2.16 bits per heavy atom. The molecule has 0 aromatic rings. The van der Waals surface area contributed by atoms with Gasteiger partial charge in [0.15, 0.2) is 0 Å². The van der Waals surface area contributed by atoms with Crippen molar-refractivity contribution in [3.63, 3.8) is 0 Å². The van der Waals surface area contributed by atoms with Crippen LogP contribution in [0.25, 0.3) is 0 Å². The van der Waals surface area contributed by atoms with E-state index < -0.39 is 23.8 Å². The van der Waals surface area contributed by atoms with Crippen molar-refractivity contribution in [3.05, 3.63) is 0 Å². The zero-order valence-corrected chi connectivity index (χ0v) is 14.5. The van der Waals surface area contributed by atoms with Gasteiger partial charge in [-0.05, 0) is 33.6 Å². The lowest BCUT2D eigenvalue weighted by atomic mass is 10.0. The van der Waals surface area contributed by atoms with Crippen molar-refractivity contribution in [2.45, 2.75) is 57.9 Å². The molecule has 10 heteroatoms. The number of alkyl halides is 3. The summed E-state index contributed by atoms with van der Waals surface area (Å²) in [6, 6.07) is -0.286. The van der Waals surface area contributed by atoms with E-state index in [9.17, 15) is 27.6 Å². The Morgan fingerprint density at radius 2 is 1.68 bits per heavy atom. The van der Waals surface area contributed by atoms with E-state index in [2.05, 4.69) is 10.6 Å². The number of rotatable bonds is 4. The first-order valence-electron chi connectivity index (χ1n) is 8.01. The largest absolute Gasteiger partial charge is 0.471 e. The number of halogens is 3. The third-order valence-corrected chi connectivity index (χ3v) is 3.41. The summed E-state index contributed by atoms with van der Waals surface area (Å²) >= 11 is 0. The van der Waals surface area contributed by atoms with Gasteiger partial charge in [-0.25, -0.2) is 4.79 Å². The highest BCUT2D eigenvalue weighted by Crippen LogP contribution is 2.21. The molecule has 0 aliphatic carbocycles. The zero-order valence-electron chi connectivity index (χ0n) is 14.5. The number of hydrogen-bond donors (Lipinski definition) is 2. The van der Waals surface area contributed by atoms with E-state index in [0.29, 0.717) is 0 Å². The number of nitrogens with zero attached hydrogens (tertiary/aromatic N) is 1. The van der Waals surface area contributed by atoms with Crippen molar-refractivity contribution in [3.8, 4) is 0 Å². The minimum atomic E-state index is -4.87. The summed E-state index contributed by atoms with van der Waals surface area (Å²) in [7, 11) is 0. The molecule has 0 bridgehead atoms. The fourth-order valence-electron chi connectivity index (χ4n) is 2.30. The highest BCUT2D eigenvalue weighted by molar-refractivity contribution is 5.82. The average molecular weight is 367 g/mol. The highest BCUT2D eigenvalue weighted by Gasteiger charge is 2.43. The first kappa shape index (κ1) is 21.0. The average Bonchev–Trinajstić information content (AvgIpc) is 2.44. The minimum absolute atomic E-state index is 0.0287. The number of nitrogens with one attached hydrogen (secondary N) is 2. The summed E-state index contributed by atoms with van der Waals surface area (Å²) in [6.45, 7) is 5.13. The third kappa shape index (κ3) is 8.08. The summed E-state index contributed by atoms with van der Waals surface area (Å²) in [4.78, 5) is 35.1. The Morgan fingerprint density at radius 1 is 1.12 bits per heavy atom. The van der Waals surface area contributed by atoms with Gasteiger partial charge in [-0.1, -0.05) is 0 Å². The van der Waals surface area contributed by atoms with E-state index in [1.54, 1.807) is 20.8 Å². The molecular weight excluding hydrogens is 343 g/mol. The fraction of sp³-hybridized carbons (Fsp3) is 0.800. The molecule has 1 rings (SSSR count). The number of carbonyl (C=O) groups excluding carboxylic acids is 3. The van der Waals surface area contributed by atoms with Crippen LogP contribution in [0.15, 0.2) is 0 Å². The molecule has 0 spiro atoms. The van der Waals surface area contributed by atoms with Crippen LogP contribution in [0.1, 0.15) is 40.0 Å². The van der Waals surface area contributed by atoms with Gasteiger partial charge in [-0.15, -0.1) is 0 Å². The van der Waals surface area contributed by atoms with Crippen LogP contribution in [0.2, 0.25) is 0 Å². The van der Waals surface area contributed by atoms with Crippen molar-refractivity contribution in [1.82, 2.24) is 15.5 Å². The first-order valence-corrected chi connectivity index (χ1v) is 8.01. The lowest BCUT2D eigenvalue weighted by molar-refractivity contribution is -0.186. The molecule has 0 radical (unpaired) electrons. The minimum Gasteiger partial charge on any atom is -0.444 e. The van der Waals surface area contributed by atoms with E-state index in [1.807, 2.05) is 0 Å². The van der Waals surface area contributed by atoms with Crippen LogP contribution in [0.4, 0.5) is 18.0 Å². The molecule has 1 aliphatic heterocycles. The van der Waals surface area contributed by atoms with Crippen molar-refractivity contribution in [2.24, 2.45) is 0 Å². The third-order valence-electron chi connectivity index (χ3n) is 3.41. The van der Waals surface area contributed by atoms with Gasteiger partial charge in [0.05, 0.1) is 0 Å². The van der Waals surface area contributed by atoms with Gasteiger partial charge in [0, 0.05) is 32.1 Å². The molecule has 0 aromatic carbocycles. The molecule has 7 nitrogen and oxygen atoms in total. The number of piperidine rings is 1. The van der Waals surface area contributed by atoms with Gasteiger partial charge in [-0.2, -0.15) is 13.2 Å². The summed E-state index contributed by atoms with van der Waals surface area (Å²) in [6.07, 6.45) is -4.95. The van der Waals surface area contributed by atoms with Crippen molar-refractivity contribution in [2.75, 3.05) is 19.6 Å². The molecular formula is C15H24F3N3O4. The lowest BCUT2D eigenvalue weighted by Gasteiger charge is -2.32. The van der Waals surface area contributed by atoms with E-state index in [-0.39, 0.29) is 50.8 Å². The van der Waals surface area contributed by atoms with Gasteiger partial charge < -0.3 is 20.3 Å². The number of ether oxygens (including phenoxy) is 1. The van der Waals surface area contributed by atoms with E-state index in [4.69, 9.17) is 4.74 Å².